The van der Waals surface area contributed by atoms with E-state index in [1.54, 1.807) is 13.4 Å². The molecule has 23 heavy (non-hydrogen) atoms. The minimum Gasteiger partial charge on any atom is -0.497 e. The number of rotatable bonds is 3. The van der Waals surface area contributed by atoms with Gasteiger partial charge in [0.1, 0.15) is 11.5 Å². The zero-order chi connectivity index (χ0) is 16.1. The topological polar surface area (TPSA) is 54.7 Å². The van der Waals surface area contributed by atoms with Crippen LogP contribution in [0.1, 0.15) is 17.4 Å². The van der Waals surface area contributed by atoms with Gasteiger partial charge in [-0.3, -0.25) is 0 Å². The lowest BCUT2D eigenvalue weighted by atomic mass is 10.2. The highest BCUT2D eigenvalue weighted by molar-refractivity contribution is 7.99. The van der Waals surface area contributed by atoms with Gasteiger partial charge in [-0.25, -0.2) is 4.79 Å². The van der Waals surface area contributed by atoms with Crippen LogP contribution in [-0.4, -0.2) is 36.9 Å². The van der Waals surface area contributed by atoms with E-state index in [1.165, 1.54) is 0 Å². The Bertz CT molecular complexity index is 645. The maximum Gasteiger partial charge on any atom is 0.321 e. The Morgan fingerprint density at radius 2 is 2.26 bits per heavy atom. The van der Waals surface area contributed by atoms with Crippen LogP contribution >= 0.6 is 11.8 Å². The SMILES string of the molecule is COc1cccc(NC(=O)N2CCSC(c3ccco3)CC2)c1. The molecule has 1 aliphatic heterocycles. The molecule has 1 aliphatic rings. The van der Waals surface area contributed by atoms with Crippen LogP contribution in [0.3, 0.4) is 0 Å². The van der Waals surface area contributed by atoms with Crippen molar-refractivity contribution in [3.63, 3.8) is 0 Å². The molecule has 2 aromatic rings. The second kappa shape index (κ2) is 7.46. The molecule has 0 aliphatic carbocycles. The quantitative estimate of drug-likeness (QED) is 0.923. The third kappa shape index (κ3) is 4.01. The van der Waals surface area contributed by atoms with Gasteiger partial charge < -0.3 is 19.4 Å². The number of carbonyl (C=O) groups is 1. The summed E-state index contributed by atoms with van der Waals surface area (Å²) >= 11 is 1.84. The molecule has 1 saturated heterocycles. The van der Waals surface area contributed by atoms with Crippen LogP contribution in [0.15, 0.2) is 47.1 Å². The predicted molar refractivity (Wildman–Crippen MR) is 92.1 cm³/mol. The largest absolute Gasteiger partial charge is 0.497 e. The average Bonchev–Trinajstić information content (AvgIpc) is 2.99. The van der Waals surface area contributed by atoms with Crippen molar-refractivity contribution in [3.8, 4) is 5.75 Å². The molecule has 5 nitrogen and oxygen atoms in total. The van der Waals surface area contributed by atoms with Gasteiger partial charge in [0.2, 0.25) is 0 Å². The Morgan fingerprint density at radius 1 is 1.35 bits per heavy atom. The maximum absolute atomic E-state index is 12.5. The van der Waals surface area contributed by atoms with Crippen molar-refractivity contribution in [1.29, 1.82) is 0 Å². The lowest BCUT2D eigenvalue weighted by Crippen LogP contribution is -2.36. The van der Waals surface area contributed by atoms with Gasteiger partial charge in [-0.2, -0.15) is 0 Å². The summed E-state index contributed by atoms with van der Waals surface area (Å²) in [5.41, 5.74) is 0.744. The number of nitrogens with zero attached hydrogens (tertiary/aromatic N) is 1. The van der Waals surface area contributed by atoms with Crippen LogP contribution in [0, 0.1) is 0 Å². The molecule has 0 radical (unpaired) electrons. The second-order valence-electron chi connectivity index (χ2n) is 5.31. The average molecular weight is 332 g/mol. The molecule has 0 spiro atoms. The van der Waals surface area contributed by atoms with Gasteiger partial charge in [-0.1, -0.05) is 6.07 Å². The van der Waals surface area contributed by atoms with E-state index < -0.39 is 0 Å². The zero-order valence-corrected chi connectivity index (χ0v) is 13.8. The molecule has 1 atom stereocenters. The Balaban J connectivity index is 1.59. The van der Waals surface area contributed by atoms with Gasteiger partial charge in [0.05, 0.1) is 18.6 Å². The summed E-state index contributed by atoms with van der Waals surface area (Å²) < 4.78 is 10.7. The highest BCUT2D eigenvalue weighted by atomic mass is 32.2. The number of furan rings is 1. The van der Waals surface area contributed by atoms with Gasteiger partial charge in [-0.05, 0) is 30.7 Å². The molecule has 2 amide bonds. The number of methoxy groups -OCH3 is 1. The molecule has 6 heteroatoms. The van der Waals surface area contributed by atoms with E-state index in [4.69, 9.17) is 9.15 Å². The van der Waals surface area contributed by atoms with Gasteiger partial charge in [0, 0.05) is 30.6 Å². The monoisotopic (exact) mass is 332 g/mol. The number of carbonyl (C=O) groups excluding carboxylic acids is 1. The predicted octanol–water partition coefficient (Wildman–Crippen LogP) is 4.00. The summed E-state index contributed by atoms with van der Waals surface area (Å²) in [6.45, 7) is 1.45. The molecule has 3 rings (SSSR count). The van der Waals surface area contributed by atoms with Crippen molar-refractivity contribution in [2.45, 2.75) is 11.7 Å². The van der Waals surface area contributed by atoms with E-state index in [-0.39, 0.29) is 6.03 Å². The summed E-state index contributed by atoms with van der Waals surface area (Å²) in [5, 5.41) is 3.26. The summed E-state index contributed by atoms with van der Waals surface area (Å²) in [7, 11) is 1.61. The van der Waals surface area contributed by atoms with Gasteiger partial charge in [0.25, 0.3) is 0 Å². The molecule has 1 N–H and O–H groups in total. The minimum atomic E-state index is -0.0704. The Hall–Kier alpha value is -2.08. The maximum atomic E-state index is 12.5. The molecule has 0 saturated carbocycles. The molecular formula is C17H20N2O3S. The Kier molecular flexibility index (Phi) is 5.12. The molecular weight excluding hydrogens is 312 g/mol. The fraction of sp³-hybridized carbons (Fsp3) is 0.353. The van der Waals surface area contributed by atoms with Crippen molar-refractivity contribution < 1.29 is 13.9 Å². The summed E-state index contributed by atoms with van der Waals surface area (Å²) in [6.07, 6.45) is 2.60. The standard InChI is InChI=1S/C17H20N2O3S/c1-21-14-5-2-4-13(12-14)18-17(20)19-8-7-16(23-11-9-19)15-6-3-10-22-15/h2-6,10,12,16H,7-9,11H2,1H3,(H,18,20). The lowest BCUT2D eigenvalue weighted by Gasteiger charge is -2.20. The van der Waals surface area contributed by atoms with Crippen molar-refractivity contribution in [3.05, 3.63) is 48.4 Å². The smallest absolute Gasteiger partial charge is 0.321 e. The number of benzene rings is 1. The van der Waals surface area contributed by atoms with E-state index in [1.807, 2.05) is 53.1 Å². The Morgan fingerprint density at radius 3 is 3.04 bits per heavy atom. The number of hydrogen-bond acceptors (Lipinski definition) is 4. The first kappa shape index (κ1) is 15.8. The third-order valence-electron chi connectivity index (χ3n) is 3.81. The van der Waals surface area contributed by atoms with Crippen LogP contribution in [0.4, 0.5) is 10.5 Å². The van der Waals surface area contributed by atoms with Crippen LogP contribution in [0.5, 0.6) is 5.75 Å². The van der Waals surface area contributed by atoms with E-state index in [0.29, 0.717) is 11.8 Å². The van der Waals surface area contributed by atoms with Gasteiger partial charge in [0.15, 0.2) is 0 Å². The summed E-state index contributed by atoms with van der Waals surface area (Å²) in [5.74, 6) is 2.62. The van der Waals surface area contributed by atoms with E-state index in [2.05, 4.69) is 5.32 Å². The zero-order valence-electron chi connectivity index (χ0n) is 13.0. The van der Waals surface area contributed by atoms with Gasteiger partial charge >= 0.3 is 6.03 Å². The first-order valence-electron chi connectivity index (χ1n) is 7.61. The highest BCUT2D eigenvalue weighted by Crippen LogP contribution is 2.34. The molecule has 0 bridgehead atoms. The van der Waals surface area contributed by atoms with Crippen molar-refractivity contribution in [2.24, 2.45) is 0 Å². The first-order valence-corrected chi connectivity index (χ1v) is 8.66. The second-order valence-corrected chi connectivity index (χ2v) is 6.62. The fourth-order valence-electron chi connectivity index (χ4n) is 2.58. The van der Waals surface area contributed by atoms with Gasteiger partial charge in [-0.15, -0.1) is 11.8 Å². The third-order valence-corrected chi connectivity index (χ3v) is 5.10. The molecule has 122 valence electrons. The number of thioether (sulfide) groups is 1. The van der Waals surface area contributed by atoms with Crippen molar-refractivity contribution in [1.82, 2.24) is 4.90 Å². The van der Waals surface area contributed by atoms with E-state index in [0.717, 1.165) is 35.9 Å². The number of hydrogen-bond donors (Lipinski definition) is 1. The normalized spacial score (nSPS) is 18.3. The molecule has 1 unspecified atom stereocenters. The molecule has 1 aromatic carbocycles. The number of ether oxygens (including phenoxy) is 1. The first-order chi connectivity index (χ1) is 11.3. The lowest BCUT2D eigenvalue weighted by molar-refractivity contribution is 0.214. The summed E-state index contributed by atoms with van der Waals surface area (Å²) in [6, 6.07) is 11.2. The highest BCUT2D eigenvalue weighted by Gasteiger charge is 2.23. The number of urea groups is 1. The fourth-order valence-corrected chi connectivity index (χ4v) is 3.76. The number of anilines is 1. The molecule has 2 heterocycles. The van der Waals surface area contributed by atoms with E-state index in [9.17, 15) is 4.79 Å². The minimum absolute atomic E-state index is 0.0704. The Labute approximate surface area is 140 Å². The van der Waals surface area contributed by atoms with E-state index >= 15 is 0 Å². The summed E-state index contributed by atoms with van der Waals surface area (Å²) in [4.78, 5) is 14.3. The number of amides is 2. The number of nitrogens with one attached hydrogen (secondary N) is 1. The van der Waals surface area contributed by atoms with Crippen molar-refractivity contribution >= 4 is 23.5 Å². The molecule has 1 aromatic heterocycles. The van der Waals surface area contributed by atoms with Crippen LogP contribution in [0.2, 0.25) is 0 Å². The van der Waals surface area contributed by atoms with Crippen LogP contribution in [0.25, 0.3) is 0 Å². The van der Waals surface area contributed by atoms with Crippen LogP contribution < -0.4 is 10.1 Å². The van der Waals surface area contributed by atoms with Crippen molar-refractivity contribution in [2.75, 3.05) is 31.3 Å². The van der Waals surface area contributed by atoms with Crippen LogP contribution in [-0.2, 0) is 0 Å². The molecule has 1 fully saturated rings.